The maximum Gasteiger partial charge on any atom is 0.201 e. The normalized spacial score (nSPS) is 10.0. The predicted octanol–water partition coefficient (Wildman–Crippen LogP) is 4.72. The van der Waals surface area contributed by atoms with Crippen molar-refractivity contribution in [3.8, 4) is 17.6 Å². The van der Waals surface area contributed by atoms with Crippen LogP contribution >= 0.6 is 0 Å². The van der Waals surface area contributed by atoms with Crippen LogP contribution in [0.15, 0.2) is 36.4 Å². The van der Waals surface area contributed by atoms with E-state index in [1.165, 1.54) is 24.8 Å². The van der Waals surface area contributed by atoms with Crippen LogP contribution in [0, 0.1) is 23.5 Å². The molecule has 114 valence electrons. The molecule has 0 saturated heterocycles. The largest absolute Gasteiger partial charge is 0.494 e. The molecule has 0 spiro atoms. The second-order valence-corrected chi connectivity index (χ2v) is 4.99. The zero-order chi connectivity index (χ0) is 15.9. The van der Waals surface area contributed by atoms with Gasteiger partial charge in [-0.25, -0.2) is 4.39 Å². The summed E-state index contributed by atoms with van der Waals surface area (Å²) < 4.78 is 32.1. The molecule has 0 radical (unpaired) electrons. The summed E-state index contributed by atoms with van der Waals surface area (Å²) in [4.78, 5) is 0. The number of hydrogen-bond acceptors (Lipinski definition) is 1. The summed E-state index contributed by atoms with van der Waals surface area (Å²) in [6, 6.07) is 10.6. The third kappa shape index (κ3) is 3.85. The molecular weight excluding hydrogens is 282 g/mol. The van der Waals surface area contributed by atoms with Gasteiger partial charge >= 0.3 is 0 Å². The standard InChI is InChI=1S/C19H18F2O/c1-3-4-5-14-6-8-15(9-7-14)10-11-16-12-13-17(22-2)19(21)18(16)20/h6-9,12-13H,3-5H2,1-2H3. The van der Waals surface area contributed by atoms with Gasteiger partial charge in [0.25, 0.3) is 0 Å². The van der Waals surface area contributed by atoms with Gasteiger partial charge in [0.15, 0.2) is 11.6 Å². The van der Waals surface area contributed by atoms with E-state index in [-0.39, 0.29) is 11.3 Å². The van der Waals surface area contributed by atoms with Gasteiger partial charge in [-0.15, -0.1) is 0 Å². The molecular formula is C19H18F2O. The van der Waals surface area contributed by atoms with Crippen LogP contribution in [0.2, 0.25) is 0 Å². The SMILES string of the molecule is CCCCc1ccc(C#Cc2ccc(OC)c(F)c2F)cc1. The van der Waals surface area contributed by atoms with Gasteiger partial charge in [0.2, 0.25) is 5.82 Å². The van der Waals surface area contributed by atoms with Crippen molar-refractivity contribution in [2.24, 2.45) is 0 Å². The fraction of sp³-hybridized carbons (Fsp3) is 0.263. The van der Waals surface area contributed by atoms with E-state index in [0.717, 1.165) is 24.8 Å². The van der Waals surface area contributed by atoms with Crippen molar-refractivity contribution < 1.29 is 13.5 Å². The third-order valence-corrected chi connectivity index (χ3v) is 3.38. The lowest BCUT2D eigenvalue weighted by Gasteiger charge is -2.03. The highest BCUT2D eigenvalue weighted by Crippen LogP contribution is 2.21. The lowest BCUT2D eigenvalue weighted by molar-refractivity contribution is 0.371. The van der Waals surface area contributed by atoms with E-state index in [1.54, 1.807) is 0 Å². The van der Waals surface area contributed by atoms with Gasteiger partial charge in [0.1, 0.15) is 0 Å². The molecule has 2 aromatic carbocycles. The van der Waals surface area contributed by atoms with Crippen LogP contribution in [0.3, 0.4) is 0 Å². The van der Waals surface area contributed by atoms with Crippen molar-refractivity contribution in [3.05, 3.63) is 64.7 Å². The Balaban J connectivity index is 2.18. The van der Waals surface area contributed by atoms with E-state index >= 15 is 0 Å². The van der Waals surface area contributed by atoms with Crippen molar-refractivity contribution >= 4 is 0 Å². The lowest BCUT2D eigenvalue weighted by atomic mass is 10.1. The van der Waals surface area contributed by atoms with Gasteiger partial charge < -0.3 is 4.74 Å². The van der Waals surface area contributed by atoms with Crippen LogP contribution in [0.25, 0.3) is 0 Å². The number of ether oxygens (including phenoxy) is 1. The molecule has 2 rings (SSSR count). The zero-order valence-electron chi connectivity index (χ0n) is 12.7. The molecule has 0 amide bonds. The van der Waals surface area contributed by atoms with E-state index < -0.39 is 11.6 Å². The number of halogens is 2. The molecule has 0 bridgehead atoms. The molecule has 0 aromatic heterocycles. The average molecular weight is 300 g/mol. The Bertz CT molecular complexity index is 694. The fourth-order valence-corrected chi connectivity index (χ4v) is 2.06. The second kappa shape index (κ2) is 7.61. The first-order valence-corrected chi connectivity index (χ1v) is 7.28. The van der Waals surface area contributed by atoms with E-state index in [4.69, 9.17) is 4.74 Å². The number of rotatable bonds is 4. The minimum absolute atomic E-state index is 0.0216. The summed E-state index contributed by atoms with van der Waals surface area (Å²) in [7, 11) is 1.29. The van der Waals surface area contributed by atoms with Crippen LogP contribution in [0.4, 0.5) is 8.78 Å². The molecule has 0 heterocycles. The van der Waals surface area contributed by atoms with E-state index in [9.17, 15) is 8.78 Å². The molecule has 0 N–H and O–H groups in total. The Morgan fingerprint density at radius 3 is 2.32 bits per heavy atom. The summed E-state index contributed by atoms with van der Waals surface area (Å²) in [6.45, 7) is 2.16. The maximum atomic E-state index is 13.8. The molecule has 0 aliphatic rings. The first-order chi connectivity index (χ1) is 10.7. The fourth-order valence-electron chi connectivity index (χ4n) is 2.06. The Kier molecular flexibility index (Phi) is 5.55. The predicted molar refractivity (Wildman–Crippen MR) is 83.9 cm³/mol. The summed E-state index contributed by atoms with van der Waals surface area (Å²) in [5.41, 5.74) is 2.05. The second-order valence-electron chi connectivity index (χ2n) is 4.99. The lowest BCUT2D eigenvalue weighted by Crippen LogP contribution is -1.95. The molecule has 0 aliphatic carbocycles. The maximum absolute atomic E-state index is 13.8. The van der Waals surface area contributed by atoms with E-state index in [1.807, 2.05) is 24.3 Å². The van der Waals surface area contributed by atoms with Crippen molar-refractivity contribution in [3.63, 3.8) is 0 Å². The van der Waals surface area contributed by atoms with Gasteiger partial charge in [0, 0.05) is 5.56 Å². The molecule has 0 fully saturated rings. The number of hydrogen-bond donors (Lipinski definition) is 0. The average Bonchev–Trinajstić information content (AvgIpc) is 2.55. The van der Waals surface area contributed by atoms with Gasteiger partial charge in [-0.1, -0.05) is 37.3 Å². The van der Waals surface area contributed by atoms with Crippen molar-refractivity contribution in [1.82, 2.24) is 0 Å². The van der Waals surface area contributed by atoms with Crippen molar-refractivity contribution in [1.29, 1.82) is 0 Å². The number of methoxy groups -OCH3 is 1. The highest BCUT2D eigenvalue weighted by molar-refractivity contribution is 5.46. The number of aryl methyl sites for hydroxylation is 1. The van der Waals surface area contributed by atoms with Crippen molar-refractivity contribution in [2.75, 3.05) is 7.11 Å². The molecule has 0 unspecified atom stereocenters. The molecule has 0 saturated carbocycles. The Labute approximate surface area is 129 Å². The minimum atomic E-state index is -1.01. The number of unbranched alkanes of at least 4 members (excludes halogenated alkanes) is 1. The first-order valence-electron chi connectivity index (χ1n) is 7.28. The van der Waals surface area contributed by atoms with E-state index in [0.29, 0.717) is 0 Å². The quantitative estimate of drug-likeness (QED) is 0.743. The molecule has 2 aromatic rings. The highest BCUT2D eigenvalue weighted by atomic mass is 19.2. The molecule has 1 nitrogen and oxygen atoms in total. The molecule has 22 heavy (non-hydrogen) atoms. The van der Waals surface area contributed by atoms with Gasteiger partial charge in [-0.2, -0.15) is 4.39 Å². The highest BCUT2D eigenvalue weighted by Gasteiger charge is 2.12. The van der Waals surface area contributed by atoms with Crippen molar-refractivity contribution in [2.45, 2.75) is 26.2 Å². The van der Waals surface area contributed by atoms with Crippen LogP contribution in [0.1, 0.15) is 36.5 Å². The molecule has 0 atom stereocenters. The Morgan fingerprint density at radius 2 is 1.68 bits per heavy atom. The Hall–Kier alpha value is -2.34. The van der Waals surface area contributed by atoms with Crippen LogP contribution in [-0.2, 0) is 6.42 Å². The van der Waals surface area contributed by atoms with Crippen LogP contribution in [-0.4, -0.2) is 7.11 Å². The summed E-state index contributed by atoms with van der Waals surface area (Å²) in [5, 5.41) is 0. The van der Waals surface area contributed by atoms with Crippen LogP contribution < -0.4 is 4.74 Å². The minimum Gasteiger partial charge on any atom is -0.494 e. The molecule has 3 heteroatoms. The van der Waals surface area contributed by atoms with Gasteiger partial charge in [0.05, 0.1) is 12.7 Å². The summed E-state index contributed by atoms with van der Waals surface area (Å²) in [5.74, 6) is 3.40. The smallest absolute Gasteiger partial charge is 0.201 e. The Morgan fingerprint density at radius 1 is 0.955 bits per heavy atom. The van der Waals surface area contributed by atoms with Crippen LogP contribution in [0.5, 0.6) is 5.75 Å². The third-order valence-electron chi connectivity index (χ3n) is 3.38. The summed E-state index contributed by atoms with van der Waals surface area (Å²) >= 11 is 0. The zero-order valence-corrected chi connectivity index (χ0v) is 12.7. The van der Waals surface area contributed by atoms with E-state index in [2.05, 4.69) is 18.8 Å². The first kappa shape index (κ1) is 16.0. The molecule has 0 aliphatic heterocycles. The topological polar surface area (TPSA) is 9.23 Å². The number of benzene rings is 2. The summed E-state index contributed by atoms with van der Waals surface area (Å²) in [6.07, 6.45) is 3.35. The monoisotopic (exact) mass is 300 g/mol. The van der Waals surface area contributed by atoms with Gasteiger partial charge in [-0.3, -0.25) is 0 Å². The van der Waals surface area contributed by atoms with Gasteiger partial charge in [-0.05, 0) is 42.7 Å².